The highest BCUT2D eigenvalue weighted by molar-refractivity contribution is 6.01. The Balaban J connectivity index is 1.38. The zero-order chi connectivity index (χ0) is 27.6. The van der Waals surface area contributed by atoms with Gasteiger partial charge in [0.05, 0.1) is 30.4 Å². The number of nitrogens with one attached hydrogen (secondary N) is 3. The number of carbonyl (C=O) groups excluding carboxylic acids is 2. The van der Waals surface area contributed by atoms with E-state index in [9.17, 15) is 9.59 Å². The molecule has 1 aromatic heterocycles. The van der Waals surface area contributed by atoms with Crippen LogP contribution >= 0.6 is 0 Å². The average molecular weight is 532 g/mol. The topological polar surface area (TPSA) is 112 Å². The standard InChI is InChI=1S/C29H37N7O3/c1-21-17-31-27(18-30-21)34-29(38)33-25-11-10-23(16-26(25)39-15-7-13-35(2)3)28(37)32-24-12-14-36(20-24)19-22-8-5-4-6-9-22/h4-6,8-11,16-18,24H,7,12-15,19-20H2,1-3H3,(H,32,37)(H2,31,33,34,38). The summed E-state index contributed by atoms with van der Waals surface area (Å²) < 4.78 is 6.01. The normalized spacial score (nSPS) is 15.2. The Morgan fingerprint density at radius 1 is 1.08 bits per heavy atom. The number of amides is 3. The molecule has 10 nitrogen and oxygen atoms in total. The summed E-state index contributed by atoms with van der Waals surface area (Å²) in [5, 5.41) is 8.62. The molecule has 206 valence electrons. The number of aromatic nitrogens is 2. The second-order valence-corrected chi connectivity index (χ2v) is 10.0. The van der Waals surface area contributed by atoms with Crippen molar-refractivity contribution in [2.24, 2.45) is 0 Å². The predicted molar refractivity (Wildman–Crippen MR) is 152 cm³/mol. The van der Waals surface area contributed by atoms with Crippen LogP contribution in [0.5, 0.6) is 5.75 Å². The second-order valence-electron chi connectivity index (χ2n) is 10.0. The van der Waals surface area contributed by atoms with E-state index in [1.54, 1.807) is 24.4 Å². The zero-order valence-electron chi connectivity index (χ0n) is 22.8. The summed E-state index contributed by atoms with van der Waals surface area (Å²) >= 11 is 0. The SMILES string of the molecule is Cc1cnc(NC(=O)Nc2ccc(C(=O)NC3CCN(Cc4ccccc4)C3)cc2OCCCN(C)C)cn1. The molecule has 1 aliphatic rings. The molecule has 10 heteroatoms. The molecule has 0 saturated carbocycles. The van der Waals surface area contributed by atoms with Crippen LogP contribution in [-0.2, 0) is 6.54 Å². The molecule has 0 spiro atoms. The minimum atomic E-state index is -0.479. The Labute approximate surface area is 229 Å². The highest BCUT2D eigenvalue weighted by Crippen LogP contribution is 2.27. The Kier molecular flexibility index (Phi) is 9.82. The monoisotopic (exact) mass is 531 g/mol. The predicted octanol–water partition coefficient (Wildman–Crippen LogP) is 3.76. The lowest BCUT2D eigenvalue weighted by Gasteiger charge is -2.18. The first kappa shape index (κ1) is 28.0. The van der Waals surface area contributed by atoms with Gasteiger partial charge in [0.2, 0.25) is 0 Å². The fraction of sp³-hybridized carbons (Fsp3) is 0.379. The third-order valence-electron chi connectivity index (χ3n) is 6.38. The molecule has 39 heavy (non-hydrogen) atoms. The summed E-state index contributed by atoms with van der Waals surface area (Å²) in [5.74, 6) is 0.606. The van der Waals surface area contributed by atoms with E-state index in [-0.39, 0.29) is 11.9 Å². The number of benzene rings is 2. The first-order valence-electron chi connectivity index (χ1n) is 13.2. The van der Waals surface area contributed by atoms with Gasteiger partial charge < -0.3 is 20.3 Å². The minimum Gasteiger partial charge on any atom is -0.491 e. The molecule has 1 fully saturated rings. The zero-order valence-corrected chi connectivity index (χ0v) is 22.8. The first-order valence-corrected chi connectivity index (χ1v) is 13.2. The molecule has 0 aliphatic carbocycles. The maximum absolute atomic E-state index is 13.1. The highest BCUT2D eigenvalue weighted by Gasteiger charge is 2.24. The third-order valence-corrected chi connectivity index (χ3v) is 6.38. The quantitative estimate of drug-likeness (QED) is 0.323. The van der Waals surface area contributed by atoms with Gasteiger partial charge in [-0.25, -0.2) is 9.78 Å². The summed E-state index contributed by atoms with van der Waals surface area (Å²) in [5.41, 5.74) is 2.96. The van der Waals surface area contributed by atoms with Crippen LogP contribution < -0.4 is 20.7 Å². The van der Waals surface area contributed by atoms with Gasteiger partial charge in [0.15, 0.2) is 5.82 Å². The largest absolute Gasteiger partial charge is 0.491 e. The van der Waals surface area contributed by atoms with Gasteiger partial charge in [-0.05, 0) is 57.6 Å². The molecule has 1 unspecified atom stereocenters. The third kappa shape index (κ3) is 8.76. The van der Waals surface area contributed by atoms with Gasteiger partial charge in [-0.1, -0.05) is 30.3 Å². The van der Waals surface area contributed by atoms with Crippen molar-refractivity contribution in [2.45, 2.75) is 32.4 Å². The maximum atomic E-state index is 13.1. The van der Waals surface area contributed by atoms with Crippen LogP contribution in [0.2, 0.25) is 0 Å². The summed E-state index contributed by atoms with van der Waals surface area (Å²) in [6.45, 7) is 5.73. The van der Waals surface area contributed by atoms with Gasteiger partial charge >= 0.3 is 6.03 Å². The number of nitrogens with zero attached hydrogens (tertiary/aromatic N) is 4. The van der Waals surface area contributed by atoms with Crippen LogP contribution in [0.3, 0.4) is 0 Å². The summed E-state index contributed by atoms with van der Waals surface area (Å²) in [6, 6.07) is 15.0. The number of hydrogen-bond acceptors (Lipinski definition) is 7. The highest BCUT2D eigenvalue weighted by atomic mass is 16.5. The van der Waals surface area contributed by atoms with Gasteiger partial charge in [0.25, 0.3) is 5.91 Å². The lowest BCUT2D eigenvalue weighted by molar-refractivity contribution is 0.0937. The molecule has 0 bridgehead atoms. The maximum Gasteiger partial charge on any atom is 0.324 e. The molecule has 4 rings (SSSR count). The smallest absolute Gasteiger partial charge is 0.324 e. The molecule has 3 N–H and O–H groups in total. The van der Waals surface area contributed by atoms with E-state index in [1.165, 1.54) is 11.8 Å². The molecule has 0 radical (unpaired) electrons. The molecule has 3 aromatic rings. The molecule has 2 heterocycles. The van der Waals surface area contributed by atoms with Crippen LogP contribution in [0.15, 0.2) is 60.9 Å². The van der Waals surface area contributed by atoms with Crippen LogP contribution in [0.4, 0.5) is 16.3 Å². The van der Waals surface area contributed by atoms with Gasteiger partial charge in [-0.3, -0.25) is 20.0 Å². The van der Waals surface area contributed by atoms with E-state index >= 15 is 0 Å². The summed E-state index contributed by atoms with van der Waals surface area (Å²) in [4.78, 5) is 38.5. The van der Waals surface area contributed by atoms with Crippen molar-refractivity contribution in [3.05, 3.63) is 77.7 Å². The minimum absolute atomic E-state index is 0.0740. The van der Waals surface area contributed by atoms with Gasteiger partial charge in [-0.15, -0.1) is 0 Å². The van der Waals surface area contributed by atoms with Gasteiger partial charge in [-0.2, -0.15) is 0 Å². The van der Waals surface area contributed by atoms with Crippen LogP contribution in [0.25, 0.3) is 0 Å². The average Bonchev–Trinajstić information content (AvgIpc) is 3.35. The number of hydrogen-bond donors (Lipinski definition) is 3. The van der Waals surface area contributed by atoms with E-state index < -0.39 is 6.03 Å². The van der Waals surface area contributed by atoms with E-state index in [1.807, 2.05) is 39.2 Å². The lowest BCUT2D eigenvalue weighted by Crippen LogP contribution is -2.37. The number of ether oxygens (including phenoxy) is 1. The van der Waals surface area contributed by atoms with Crippen molar-refractivity contribution in [3.63, 3.8) is 0 Å². The molecule has 1 atom stereocenters. The summed E-state index contributed by atoms with van der Waals surface area (Å²) in [7, 11) is 4.00. The Morgan fingerprint density at radius 3 is 2.64 bits per heavy atom. The van der Waals surface area contributed by atoms with Crippen molar-refractivity contribution >= 4 is 23.4 Å². The molecule has 2 aromatic carbocycles. The van der Waals surface area contributed by atoms with E-state index in [4.69, 9.17) is 4.74 Å². The number of anilines is 2. The number of aryl methyl sites for hydroxylation is 1. The first-order chi connectivity index (χ1) is 18.9. The fourth-order valence-electron chi connectivity index (χ4n) is 4.38. The molecule has 1 saturated heterocycles. The number of likely N-dealkylation sites (tertiary alicyclic amines) is 1. The fourth-order valence-corrected chi connectivity index (χ4v) is 4.38. The Bertz CT molecular complexity index is 1240. The van der Waals surface area contributed by atoms with Crippen LogP contribution in [-0.4, -0.2) is 78.1 Å². The van der Waals surface area contributed by atoms with Gasteiger partial charge in [0.1, 0.15) is 5.75 Å². The van der Waals surface area contributed by atoms with E-state index in [2.05, 4.69) is 47.9 Å². The van der Waals surface area contributed by atoms with Crippen molar-refractivity contribution in [2.75, 3.05) is 51.0 Å². The van der Waals surface area contributed by atoms with E-state index in [0.717, 1.165) is 44.7 Å². The second kappa shape index (κ2) is 13.7. The van der Waals surface area contributed by atoms with Crippen LogP contribution in [0, 0.1) is 6.92 Å². The molecule has 3 amide bonds. The number of carbonyl (C=O) groups is 2. The van der Waals surface area contributed by atoms with Crippen molar-refractivity contribution in [1.29, 1.82) is 0 Å². The Hall–Kier alpha value is -4.02. The number of urea groups is 1. The summed E-state index contributed by atoms with van der Waals surface area (Å²) in [6.07, 6.45) is 4.76. The van der Waals surface area contributed by atoms with Gasteiger partial charge in [0, 0.05) is 37.8 Å². The Morgan fingerprint density at radius 2 is 1.90 bits per heavy atom. The molecular formula is C29H37N7O3. The lowest BCUT2D eigenvalue weighted by atomic mass is 10.1. The molecular weight excluding hydrogens is 494 g/mol. The van der Waals surface area contributed by atoms with Crippen molar-refractivity contribution < 1.29 is 14.3 Å². The van der Waals surface area contributed by atoms with Crippen LogP contribution in [0.1, 0.15) is 34.5 Å². The van der Waals surface area contributed by atoms with Crippen molar-refractivity contribution in [1.82, 2.24) is 25.1 Å². The number of rotatable bonds is 11. The molecule has 1 aliphatic heterocycles. The van der Waals surface area contributed by atoms with Crippen molar-refractivity contribution in [3.8, 4) is 5.75 Å². The van der Waals surface area contributed by atoms with E-state index in [0.29, 0.717) is 29.4 Å².